The van der Waals surface area contributed by atoms with Crippen LogP contribution < -0.4 is 0 Å². The van der Waals surface area contributed by atoms with Gasteiger partial charge in [0.05, 0.1) is 0 Å². The van der Waals surface area contributed by atoms with E-state index in [9.17, 15) is 0 Å². The van der Waals surface area contributed by atoms with Gasteiger partial charge in [0, 0.05) is 5.92 Å². The van der Waals surface area contributed by atoms with Crippen LogP contribution in [0.1, 0.15) is 37.3 Å². The predicted octanol–water partition coefficient (Wildman–Crippen LogP) is 1.09. The molecule has 3 rings (SSSR count). The number of aryl methyl sites for hydroxylation is 1. The normalized spacial score (nSPS) is 36.6. The molecular weight excluding hydrogens is 164 g/mol. The van der Waals surface area contributed by atoms with Crippen LogP contribution in [0.4, 0.5) is 0 Å². The fourth-order valence-electron chi connectivity index (χ4n) is 2.16. The Morgan fingerprint density at radius 2 is 1.77 bits per heavy atom. The minimum absolute atomic E-state index is 0.457. The molecule has 0 aliphatic heterocycles. The maximum Gasteiger partial charge on any atom is 0.176 e. The summed E-state index contributed by atoms with van der Waals surface area (Å²) in [5.41, 5.74) is 0.568. The van der Waals surface area contributed by atoms with Crippen molar-refractivity contribution in [3.05, 3.63) is 11.6 Å². The van der Waals surface area contributed by atoms with Crippen molar-refractivity contribution in [3.63, 3.8) is 0 Å². The Kier molecular flexibility index (Phi) is 1.16. The lowest BCUT2D eigenvalue weighted by Gasteiger charge is -2.10. The molecule has 4 heteroatoms. The largest absolute Gasteiger partial charge is 0.176 e. The zero-order valence-electron chi connectivity index (χ0n) is 7.86. The maximum atomic E-state index is 4.09. The van der Waals surface area contributed by atoms with Crippen LogP contribution in [-0.2, 0) is 0 Å². The van der Waals surface area contributed by atoms with Crippen molar-refractivity contribution in [3.8, 4) is 0 Å². The summed E-state index contributed by atoms with van der Waals surface area (Å²) in [5.74, 6) is 2.90. The van der Waals surface area contributed by atoms with E-state index in [-0.39, 0.29) is 0 Å². The second kappa shape index (κ2) is 2.05. The fraction of sp³-hybridized carbons (Fsp3) is 0.778. The summed E-state index contributed by atoms with van der Waals surface area (Å²) in [4.78, 5) is 0. The molecule has 0 amide bonds. The highest BCUT2D eigenvalue weighted by Crippen LogP contribution is 2.80. The maximum absolute atomic E-state index is 4.09. The molecule has 0 bridgehead atoms. The molecule has 2 fully saturated rings. The van der Waals surface area contributed by atoms with Crippen molar-refractivity contribution in [2.75, 3.05) is 0 Å². The van der Waals surface area contributed by atoms with Gasteiger partial charge in [0.25, 0.3) is 0 Å². The lowest BCUT2D eigenvalue weighted by atomic mass is 9.98. The zero-order valence-corrected chi connectivity index (χ0v) is 7.86. The second-order valence-corrected chi connectivity index (χ2v) is 4.37. The first-order chi connectivity index (χ1) is 6.22. The Labute approximate surface area is 76.8 Å². The van der Waals surface area contributed by atoms with E-state index >= 15 is 0 Å². The molecule has 13 heavy (non-hydrogen) atoms. The van der Waals surface area contributed by atoms with Crippen LogP contribution in [-0.4, -0.2) is 20.4 Å². The molecule has 1 unspecified atom stereocenters. The molecule has 2 saturated carbocycles. The average Bonchev–Trinajstić information content (AvgIpc) is 2.91. The highest BCUT2D eigenvalue weighted by molar-refractivity contribution is 5.26. The van der Waals surface area contributed by atoms with Crippen LogP contribution >= 0.6 is 0 Å². The van der Waals surface area contributed by atoms with Gasteiger partial charge in [-0.15, -0.1) is 20.4 Å². The number of nitrogens with zero attached hydrogens (tertiary/aromatic N) is 4. The van der Waals surface area contributed by atoms with Crippen LogP contribution in [0.15, 0.2) is 0 Å². The Bertz CT molecular complexity index is 339. The van der Waals surface area contributed by atoms with Crippen molar-refractivity contribution in [2.45, 2.75) is 32.6 Å². The summed E-state index contributed by atoms with van der Waals surface area (Å²) < 4.78 is 0. The third-order valence-corrected chi connectivity index (χ3v) is 3.59. The monoisotopic (exact) mass is 176 g/mol. The number of hydrogen-bond acceptors (Lipinski definition) is 4. The molecule has 1 aromatic heterocycles. The molecule has 2 aliphatic carbocycles. The molecule has 1 aromatic rings. The number of aromatic nitrogens is 4. The van der Waals surface area contributed by atoms with Crippen molar-refractivity contribution >= 4 is 0 Å². The van der Waals surface area contributed by atoms with Gasteiger partial charge in [0.2, 0.25) is 0 Å². The number of fused-ring (bicyclic) bond motifs is 1. The van der Waals surface area contributed by atoms with E-state index in [2.05, 4.69) is 27.3 Å². The minimum Gasteiger partial charge on any atom is -0.132 e. The third-order valence-electron chi connectivity index (χ3n) is 3.59. The van der Waals surface area contributed by atoms with Gasteiger partial charge in [-0.05, 0) is 31.1 Å². The Hall–Kier alpha value is -1.06. The predicted molar refractivity (Wildman–Crippen MR) is 45.9 cm³/mol. The van der Waals surface area contributed by atoms with Gasteiger partial charge in [0.15, 0.2) is 11.6 Å². The van der Waals surface area contributed by atoms with Gasteiger partial charge < -0.3 is 0 Å². The Balaban J connectivity index is 1.87. The average molecular weight is 176 g/mol. The van der Waals surface area contributed by atoms with E-state index < -0.39 is 0 Å². The highest BCUT2D eigenvalue weighted by atomic mass is 15.3. The molecule has 0 N–H and O–H groups in total. The lowest BCUT2D eigenvalue weighted by Crippen LogP contribution is -2.10. The lowest BCUT2D eigenvalue weighted by molar-refractivity contribution is 0.492. The van der Waals surface area contributed by atoms with Crippen molar-refractivity contribution in [1.82, 2.24) is 20.4 Å². The number of rotatable bonds is 2. The van der Waals surface area contributed by atoms with Gasteiger partial charge in [-0.2, -0.15) is 0 Å². The third kappa shape index (κ3) is 0.913. The first kappa shape index (κ1) is 7.35. The van der Waals surface area contributed by atoms with E-state index in [1.54, 1.807) is 0 Å². The molecule has 0 saturated heterocycles. The van der Waals surface area contributed by atoms with E-state index in [4.69, 9.17) is 0 Å². The van der Waals surface area contributed by atoms with Crippen LogP contribution in [0.25, 0.3) is 0 Å². The Morgan fingerprint density at radius 1 is 1.23 bits per heavy atom. The van der Waals surface area contributed by atoms with E-state index in [1.807, 2.05) is 6.92 Å². The first-order valence-corrected chi connectivity index (χ1v) is 4.76. The van der Waals surface area contributed by atoms with Crippen LogP contribution in [0.2, 0.25) is 0 Å². The van der Waals surface area contributed by atoms with Crippen LogP contribution in [0.5, 0.6) is 0 Å². The van der Waals surface area contributed by atoms with Gasteiger partial charge in [-0.1, -0.05) is 6.92 Å². The molecule has 2 aliphatic rings. The first-order valence-electron chi connectivity index (χ1n) is 4.76. The highest BCUT2D eigenvalue weighted by Gasteiger charge is 2.72. The van der Waals surface area contributed by atoms with Crippen molar-refractivity contribution in [2.24, 2.45) is 11.3 Å². The smallest absolute Gasteiger partial charge is 0.132 e. The quantitative estimate of drug-likeness (QED) is 0.676. The van der Waals surface area contributed by atoms with Crippen LogP contribution in [0, 0.1) is 18.3 Å². The molecule has 0 spiro atoms. The molecule has 68 valence electrons. The van der Waals surface area contributed by atoms with Crippen molar-refractivity contribution < 1.29 is 0 Å². The minimum atomic E-state index is 0.457. The Morgan fingerprint density at radius 3 is 2.23 bits per heavy atom. The SMILES string of the molecule is Cc1nnc(C(C)C23CC2C3)nn1. The number of hydrogen-bond donors (Lipinski definition) is 0. The van der Waals surface area contributed by atoms with Gasteiger partial charge in [-0.3, -0.25) is 0 Å². The molecule has 0 aromatic carbocycles. The molecule has 4 nitrogen and oxygen atoms in total. The summed E-state index contributed by atoms with van der Waals surface area (Å²) >= 11 is 0. The zero-order chi connectivity index (χ0) is 9.05. The van der Waals surface area contributed by atoms with Gasteiger partial charge in [-0.25, -0.2) is 0 Å². The van der Waals surface area contributed by atoms with Gasteiger partial charge in [0.1, 0.15) is 0 Å². The van der Waals surface area contributed by atoms with Gasteiger partial charge >= 0.3 is 0 Å². The molecule has 1 atom stereocenters. The molecule has 0 radical (unpaired) electrons. The molecule has 1 heterocycles. The topological polar surface area (TPSA) is 51.6 Å². The second-order valence-electron chi connectivity index (χ2n) is 4.37. The molecular formula is C9H12N4. The fourth-order valence-corrected chi connectivity index (χ4v) is 2.16. The summed E-state index contributed by atoms with van der Waals surface area (Å²) in [5, 5.41) is 16.0. The van der Waals surface area contributed by atoms with E-state index in [1.165, 1.54) is 12.8 Å². The summed E-state index contributed by atoms with van der Waals surface area (Å²) in [7, 11) is 0. The van der Waals surface area contributed by atoms with Crippen LogP contribution in [0.3, 0.4) is 0 Å². The summed E-state index contributed by atoms with van der Waals surface area (Å²) in [6, 6.07) is 0. The van der Waals surface area contributed by atoms with Crippen molar-refractivity contribution in [1.29, 1.82) is 0 Å². The summed E-state index contributed by atoms with van der Waals surface area (Å²) in [6.07, 6.45) is 2.73. The standard InChI is InChI=1S/C9H12N4/c1-5(9-3-7(9)4-9)8-12-10-6(2)11-13-8/h5,7H,3-4H2,1-2H3. The van der Waals surface area contributed by atoms with E-state index in [0.717, 1.165) is 11.7 Å². The summed E-state index contributed by atoms with van der Waals surface area (Å²) in [6.45, 7) is 4.00. The van der Waals surface area contributed by atoms with E-state index in [0.29, 0.717) is 17.2 Å².